The van der Waals surface area contributed by atoms with E-state index in [1.807, 2.05) is 31.2 Å². The Bertz CT molecular complexity index is 562. The Morgan fingerprint density at radius 2 is 2.22 bits per heavy atom. The maximum Gasteiger partial charge on any atom is 0.272 e. The van der Waals surface area contributed by atoms with Crippen molar-refractivity contribution in [1.29, 1.82) is 0 Å². The maximum absolute atomic E-state index is 12.0. The zero-order valence-electron chi connectivity index (χ0n) is 10.6. The third kappa shape index (κ3) is 2.36. The van der Waals surface area contributed by atoms with Gasteiger partial charge in [0.15, 0.2) is 5.69 Å². The quantitative estimate of drug-likeness (QED) is 0.849. The van der Waals surface area contributed by atoms with Crippen molar-refractivity contribution in [2.75, 3.05) is 6.54 Å². The average Bonchev–Trinajstić information content (AvgIpc) is 2.74. The maximum atomic E-state index is 12.0. The summed E-state index contributed by atoms with van der Waals surface area (Å²) in [5.74, 6) is -0.251. The van der Waals surface area contributed by atoms with Crippen molar-refractivity contribution in [3.8, 4) is 0 Å². The summed E-state index contributed by atoms with van der Waals surface area (Å²) < 4.78 is 1.68. The lowest BCUT2D eigenvalue weighted by molar-refractivity contribution is 0.0910. The van der Waals surface area contributed by atoms with E-state index in [2.05, 4.69) is 10.4 Å². The minimum atomic E-state index is -0.510. The number of para-hydroxylation sites is 1. The lowest BCUT2D eigenvalue weighted by Crippen LogP contribution is -2.32. The molecule has 2 rings (SSSR count). The summed E-state index contributed by atoms with van der Waals surface area (Å²) in [5.41, 5.74) is 1.31. The fourth-order valence-corrected chi connectivity index (χ4v) is 1.82. The number of nitrogens with zero attached hydrogens (tertiary/aromatic N) is 2. The summed E-state index contributed by atoms with van der Waals surface area (Å²) in [6.45, 7) is 2.12. The molecule has 1 amide bonds. The molecule has 1 atom stereocenters. The van der Waals surface area contributed by atoms with Gasteiger partial charge in [-0.2, -0.15) is 5.10 Å². The van der Waals surface area contributed by atoms with Crippen LogP contribution < -0.4 is 5.32 Å². The molecule has 0 saturated carbocycles. The molecule has 5 nitrogen and oxygen atoms in total. The predicted molar refractivity (Wildman–Crippen MR) is 69.3 cm³/mol. The monoisotopic (exact) mass is 247 g/mol. The fraction of sp³-hybridized carbons (Fsp3) is 0.385. The van der Waals surface area contributed by atoms with E-state index in [-0.39, 0.29) is 12.5 Å². The number of rotatable bonds is 4. The Kier molecular flexibility index (Phi) is 3.62. The van der Waals surface area contributed by atoms with Crippen LogP contribution >= 0.6 is 0 Å². The Labute approximate surface area is 105 Å². The summed E-state index contributed by atoms with van der Waals surface area (Å²) in [5, 5.41) is 17.2. The molecule has 0 radical (unpaired) electrons. The Hall–Kier alpha value is -1.88. The summed E-state index contributed by atoms with van der Waals surface area (Å²) >= 11 is 0. The van der Waals surface area contributed by atoms with Crippen molar-refractivity contribution in [3.05, 3.63) is 30.0 Å². The zero-order chi connectivity index (χ0) is 13.1. The number of aliphatic hydroxyl groups is 1. The van der Waals surface area contributed by atoms with Crippen molar-refractivity contribution in [3.63, 3.8) is 0 Å². The van der Waals surface area contributed by atoms with Crippen LogP contribution in [0.3, 0.4) is 0 Å². The van der Waals surface area contributed by atoms with E-state index in [9.17, 15) is 9.90 Å². The summed E-state index contributed by atoms with van der Waals surface area (Å²) in [7, 11) is 1.81. The van der Waals surface area contributed by atoms with Gasteiger partial charge in [-0.05, 0) is 12.5 Å². The molecule has 2 aromatic rings. The molecule has 0 spiro atoms. The van der Waals surface area contributed by atoms with Crippen LogP contribution in [0.15, 0.2) is 24.3 Å². The zero-order valence-corrected chi connectivity index (χ0v) is 10.6. The van der Waals surface area contributed by atoms with E-state index in [0.29, 0.717) is 12.1 Å². The number of hydrogen-bond acceptors (Lipinski definition) is 3. The molecule has 0 bridgehead atoms. The van der Waals surface area contributed by atoms with Gasteiger partial charge >= 0.3 is 0 Å². The van der Waals surface area contributed by atoms with Gasteiger partial charge in [-0.3, -0.25) is 9.48 Å². The van der Waals surface area contributed by atoms with E-state index in [4.69, 9.17) is 0 Å². The molecular formula is C13H17N3O2. The van der Waals surface area contributed by atoms with Crippen LogP contribution in [0.2, 0.25) is 0 Å². The van der Waals surface area contributed by atoms with Gasteiger partial charge in [0.2, 0.25) is 0 Å². The number of nitrogens with one attached hydrogen (secondary N) is 1. The fourth-order valence-electron chi connectivity index (χ4n) is 1.82. The SMILES string of the molecule is CCC(O)CNC(=O)c1nn(C)c2ccccc12. The van der Waals surface area contributed by atoms with Crippen molar-refractivity contribution in [1.82, 2.24) is 15.1 Å². The van der Waals surface area contributed by atoms with Crippen molar-refractivity contribution < 1.29 is 9.90 Å². The number of fused-ring (bicyclic) bond motifs is 1. The number of carbonyl (C=O) groups excluding carboxylic acids is 1. The molecule has 1 aromatic heterocycles. The third-order valence-electron chi connectivity index (χ3n) is 2.94. The molecule has 1 aromatic carbocycles. The topological polar surface area (TPSA) is 67.2 Å². The first-order chi connectivity index (χ1) is 8.63. The number of aromatic nitrogens is 2. The van der Waals surface area contributed by atoms with Crippen LogP contribution in [0.4, 0.5) is 0 Å². The highest BCUT2D eigenvalue weighted by Gasteiger charge is 2.15. The van der Waals surface area contributed by atoms with Crippen molar-refractivity contribution in [2.24, 2.45) is 7.05 Å². The molecule has 0 aliphatic carbocycles. The second kappa shape index (κ2) is 5.18. The minimum absolute atomic E-state index is 0.250. The van der Waals surface area contributed by atoms with E-state index in [0.717, 1.165) is 10.9 Å². The van der Waals surface area contributed by atoms with Gasteiger partial charge in [-0.25, -0.2) is 0 Å². The lowest BCUT2D eigenvalue weighted by Gasteiger charge is -2.08. The summed E-state index contributed by atoms with van der Waals surface area (Å²) in [4.78, 5) is 12.0. The summed E-state index contributed by atoms with van der Waals surface area (Å²) in [6.07, 6.45) is 0.104. The number of hydrogen-bond donors (Lipinski definition) is 2. The highest BCUT2D eigenvalue weighted by molar-refractivity contribution is 6.04. The first-order valence-corrected chi connectivity index (χ1v) is 6.01. The molecule has 0 fully saturated rings. The average molecular weight is 247 g/mol. The van der Waals surface area contributed by atoms with E-state index in [1.54, 1.807) is 11.7 Å². The van der Waals surface area contributed by atoms with Gasteiger partial charge < -0.3 is 10.4 Å². The van der Waals surface area contributed by atoms with Crippen LogP contribution in [0, 0.1) is 0 Å². The lowest BCUT2D eigenvalue weighted by atomic mass is 10.2. The number of aryl methyl sites for hydroxylation is 1. The largest absolute Gasteiger partial charge is 0.391 e. The smallest absolute Gasteiger partial charge is 0.272 e. The standard InChI is InChI=1S/C13H17N3O2/c1-3-9(17)8-14-13(18)12-10-6-4-5-7-11(10)16(2)15-12/h4-7,9,17H,3,8H2,1-2H3,(H,14,18). The van der Waals surface area contributed by atoms with E-state index >= 15 is 0 Å². The van der Waals surface area contributed by atoms with Crippen LogP contribution in [-0.2, 0) is 7.05 Å². The molecule has 1 unspecified atom stereocenters. The first kappa shape index (κ1) is 12.6. The number of amides is 1. The summed E-state index contributed by atoms with van der Waals surface area (Å²) in [6, 6.07) is 7.57. The minimum Gasteiger partial charge on any atom is -0.391 e. The predicted octanol–water partition coefficient (Wildman–Crippen LogP) is 1.07. The molecule has 0 aliphatic rings. The van der Waals surface area contributed by atoms with Crippen LogP contribution in [0.5, 0.6) is 0 Å². The highest BCUT2D eigenvalue weighted by atomic mass is 16.3. The molecule has 5 heteroatoms. The molecule has 2 N–H and O–H groups in total. The van der Waals surface area contributed by atoms with Gasteiger partial charge in [0.1, 0.15) is 0 Å². The molecule has 0 aliphatic heterocycles. The van der Waals surface area contributed by atoms with Gasteiger partial charge in [0.05, 0.1) is 11.6 Å². The third-order valence-corrected chi connectivity index (χ3v) is 2.94. The van der Waals surface area contributed by atoms with Crippen molar-refractivity contribution in [2.45, 2.75) is 19.4 Å². The second-order valence-corrected chi connectivity index (χ2v) is 4.26. The Balaban J connectivity index is 2.23. The number of carbonyl (C=O) groups is 1. The number of benzene rings is 1. The Morgan fingerprint density at radius 1 is 1.50 bits per heavy atom. The van der Waals surface area contributed by atoms with E-state index < -0.39 is 6.10 Å². The van der Waals surface area contributed by atoms with Crippen LogP contribution in [-0.4, -0.2) is 33.4 Å². The molecule has 96 valence electrons. The molecule has 18 heavy (non-hydrogen) atoms. The van der Waals surface area contributed by atoms with Gasteiger partial charge in [0.25, 0.3) is 5.91 Å². The second-order valence-electron chi connectivity index (χ2n) is 4.26. The first-order valence-electron chi connectivity index (χ1n) is 6.01. The normalized spacial score (nSPS) is 12.6. The highest BCUT2D eigenvalue weighted by Crippen LogP contribution is 2.17. The van der Waals surface area contributed by atoms with Gasteiger partial charge in [-0.15, -0.1) is 0 Å². The van der Waals surface area contributed by atoms with Crippen molar-refractivity contribution >= 4 is 16.8 Å². The molecular weight excluding hydrogens is 230 g/mol. The van der Waals surface area contributed by atoms with Gasteiger partial charge in [-0.1, -0.05) is 25.1 Å². The molecule has 1 heterocycles. The molecule has 0 saturated heterocycles. The van der Waals surface area contributed by atoms with Crippen LogP contribution in [0.25, 0.3) is 10.9 Å². The number of aliphatic hydroxyl groups excluding tert-OH is 1. The Morgan fingerprint density at radius 3 is 2.94 bits per heavy atom. The van der Waals surface area contributed by atoms with Crippen LogP contribution in [0.1, 0.15) is 23.8 Å². The van der Waals surface area contributed by atoms with Gasteiger partial charge in [0, 0.05) is 19.0 Å². The van der Waals surface area contributed by atoms with E-state index in [1.165, 1.54) is 0 Å².